The highest BCUT2D eigenvalue weighted by atomic mass is 35.5. The lowest BCUT2D eigenvalue weighted by molar-refractivity contribution is -0.150. The molecule has 5 rings (SSSR count). The molecule has 2 aromatic rings. The number of halogens is 2. The lowest BCUT2D eigenvalue weighted by Crippen LogP contribution is -2.32. The van der Waals surface area contributed by atoms with Gasteiger partial charge in [0.1, 0.15) is 0 Å². The van der Waals surface area contributed by atoms with E-state index in [0.29, 0.717) is 34.2 Å². The Labute approximate surface area is 187 Å². The van der Waals surface area contributed by atoms with Gasteiger partial charge >= 0.3 is 5.97 Å². The van der Waals surface area contributed by atoms with Crippen molar-refractivity contribution in [1.29, 1.82) is 0 Å². The molecule has 2 aliphatic carbocycles. The quantitative estimate of drug-likeness (QED) is 0.482. The summed E-state index contributed by atoms with van der Waals surface area (Å²) < 4.78 is 5.35. The second kappa shape index (κ2) is 7.61. The molecule has 3 nitrogen and oxygen atoms in total. The number of benzene rings is 2. The van der Waals surface area contributed by atoms with Gasteiger partial charge in [-0.05, 0) is 67.5 Å². The van der Waals surface area contributed by atoms with Gasteiger partial charge < -0.3 is 4.74 Å². The topological polar surface area (TPSA) is 29.5 Å². The maximum atomic E-state index is 12.4. The Morgan fingerprint density at radius 2 is 2.03 bits per heavy atom. The summed E-state index contributed by atoms with van der Waals surface area (Å²) in [4.78, 5) is 14.9. The van der Waals surface area contributed by atoms with E-state index in [4.69, 9.17) is 27.9 Å². The van der Waals surface area contributed by atoms with E-state index in [1.807, 2.05) is 13.0 Å². The van der Waals surface area contributed by atoms with Crippen molar-refractivity contribution in [2.45, 2.75) is 32.2 Å². The highest BCUT2D eigenvalue weighted by Crippen LogP contribution is 2.60. The molecule has 30 heavy (non-hydrogen) atoms. The van der Waals surface area contributed by atoms with Crippen LogP contribution in [0.5, 0.6) is 0 Å². The van der Waals surface area contributed by atoms with Crippen LogP contribution in [-0.2, 0) is 16.0 Å². The molecule has 2 aromatic carbocycles. The van der Waals surface area contributed by atoms with E-state index in [1.54, 1.807) is 12.1 Å². The van der Waals surface area contributed by atoms with Crippen LogP contribution in [0.15, 0.2) is 36.4 Å². The monoisotopic (exact) mass is 439 g/mol. The molecule has 0 bridgehead atoms. The van der Waals surface area contributed by atoms with Gasteiger partial charge in [0.2, 0.25) is 0 Å². The van der Waals surface area contributed by atoms with E-state index in [9.17, 15) is 4.79 Å². The average molecular weight is 440 g/mol. The molecule has 1 aliphatic heterocycles. The van der Waals surface area contributed by atoms with Gasteiger partial charge in [-0.2, -0.15) is 0 Å². The molecule has 3 unspecified atom stereocenters. The Balaban J connectivity index is 1.34. The third-order valence-corrected chi connectivity index (χ3v) is 7.41. The normalized spacial score (nSPS) is 26.5. The second-order valence-electron chi connectivity index (χ2n) is 8.52. The van der Waals surface area contributed by atoms with Crippen LogP contribution in [0.1, 0.15) is 48.1 Å². The molecule has 5 heteroatoms. The summed E-state index contributed by atoms with van der Waals surface area (Å²) in [7, 11) is 0. The average Bonchev–Trinajstić information content (AvgIpc) is 3.08. The van der Waals surface area contributed by atoms with Gasteiger partial charge in [-0.3, -0.25) is 9.69 Å². The maximum Gasteiger partial charge on any atom is 0.313 e. The Hall–Kier alpha value is -1.99. The molecule has 0 amide bonds. The van der Waals surface area contributed by atoms with Crippen molar-refractivity contribution in [3.8, 4) is 11.8 Å². The molecule has 1 saturated carbocycles. The van der Waals surface area contributed by atoms with Crippen molar-refractivity contribution >= 4 is 29.2 Å². The summed E-state index contributed by atoms with van der Waals surface area (Å²) in [6.07, 6.45) is 3.12. The number of esters is 1. The molecule has 0 spiro atoms. The van der Waals surface area contributed by atoms with Crippen molar-refractivity contribution in [2.75, 3.05) is 19.7 Å². The van der Waals surface area contributed by atoms with Gasteiger partial charge in [0.25, 0.3) is 0 Å². The van der Waals surface area contributed by atoms with E-state index in [1.165, 1.54) is 11.1 Å². The van der Waals surface area contributed by atoms with Gasteiger partial charge in [0.15, 0.2) is 0 Å². The summed E-state index contributed by atoms with van der Waals surface area (Å²) in [5, 5.41) is 1.14. The largest absolute Gasteiger partial charge is 0.466 e. The number of hydrogen-bond donors (Lipinski definition) is 0. The van der Waals surface area contributed by atoms with E-state index in [-0.39, 0.29) is 11.4 Å². The minimum Gasteiger partial charge on any atom is -0.466 e. The van der Waals surface area contributed by atoms with Crippen LogP contribution in [0.2, 0.25) is 10.0 Å². The van der Waals surface area contributed by atoms with Gasteiger partial charge in [-0.15, -0.1) is 0 Å². The molecule has 2 fully saturated rings. The van der Waals surface area contributed by atoms with Crippen LogP contribution in [0.4, 0.5) is 0 Å². The van der Waals surface area contributed by atoms with Crippen LogP contribution in [0.3, 0.4) is 0 Å². The fourth-order valence-electron chi connectivity index (χ4n) is 5.15. The van der Waals surface area contributed by atoms with Gasteiger partial charge in [-0.1, -0.05) is 47.2 Å². The van der Waals surface area contributed by atoms with Crippen molar-refractivity contribution in [2.24, 2.45) is 11.3 Å². The summed E-state index contributed by atoms with van der Waals surface area (Å²) >= 11 is 12.4. The van der Waals surface area contributed by atoms with Crippen molar-refractivity contribution in [3.63, 3.8) is 0 Å². The Morgan fingerprint density at radius 3 is 2.80 bits per heavy atom. The van der Waals surface area contributed by atoms with Crippen molar-refractivity contribution < 1.29 is 9.53 Å². The predicted molar refractivity (Wildman–Crippen MR) is 119 cm³/mol. The van der Waals surface area contributed by atoms with E-state index in [2.05, 4.69) is 34.9 Å². The first-order valence-corrected chi connectivity index (χ1v) is 11.3. The molecule has 154 valence electrons. The minimum atomic E-state index is -0.238. The third kappa shape index (κ3) is 3.32. The molecule has 0 aromatic heterocycles. The predicted octanol–water partition coefficient (Wildman–Crippen LogP) is 5.27. The molecule has 3 aliphatic rings. The van der Waals surface area contributed by atoms with E-state index < -0.39 is 0 Å². The highest BCUT2D eigenvalue weighted by molar-refractivity contribution is 6.36. The van der Waals surface area contributed by atoms with Crippen LogP contribution in [-0.4, -0.2) is 30.6 Å². The molecule has 1 heterocycles. The van der Waals surface area contributed by atoms with Crippen LogP contribution >= 0.6 is 23.2 Å². The molecule has 0 radical (unpaired) electrons. The Morgan fingerprint density at radius 1 is 1.23 bits per heavy atom. The summed E-state index contributed by atoms with van der Waals surface area (Å²) in [6.45, 7) is 4.16. The fourth-order valence-corrected chi connectivity index (χ4v) is 5.65. The zero-order chi connectivity index (χ0) is 20.9. The molecular weight excluding hydrogens is 417 g/mol. The summed E-state index contributed by atoms with van der Waals surface area (Å²) in [6, 6.07) is 12.3. The number of ether oxygens (including phenoxy) is 1. The highest BCUT2D eigenvalue weighted by Gasteiger charge is 2.66. The Kier molecular flexibility index (Phi) is 5.06. The van der Waals surface area contributed by atoms with Crippen molar-refractivity contribution in [1.82, 2.24) is 4.90 Å². The van der Waals surface area contributed by atoms with Crippen molar-refractivity contribution in [3.05, 3.63) is 68.7 Å². The number of likely N-dealkylation sites (tertiary alicyclic amines) is 1. The third-order valence-electron chi connectivity index (χ3n) is 6.78. The lowest BCUT2D eigenvalue weighted by atomic mass is 10.0. The number of carbonyl (C=O) groups excluding carboxylic acids is 1. The van der Waals surface area contributed by atoms with E-state index in [0.717, 1.165) is 37.9 Å². The standard InChI is InChI=1S/C25H23Cl2NO2/c1-2-30-24(29)25-13-18(25)14-28(15-25)23-11-8-17-12-16(6-9-19(17)23)7-10-20-21(26)4-3-5-22(20)27/h3-6,9,12,18,23H,2,8,11,13-15H2,1H3. The van der Waals surface area contributed by atoms with Crippen LogP contribution in [0, 0.1) is 23.2 Å². The first-order chi connectivity index (χ1) is 14.5. The zero-order valence-electron chi connectivity index (χ0n) is 16.9. The number of carbonyl (C=O) groups is 1. The number of fused-ring (bicyclic) bond motifs is 2. The molecular formula is C25H23Cl2NO2. The number of hydrogen-bond acceptors (Lipinski definition) is 3. The number of piperidine rings is 1. The number of nitrogens with zero attached hydrogens (tertiary/aromatic N) is 1. The first kappa shape index (κ1) is 19.9. The second-order valence-corrected chi connectivity index (χ2v) is 9.34. The van der Waals surface area contributed by atoms with Crippen LogP contribution in [0.25, 0.3) is 0 Å². The summed E-state index contributed by atoms with van der Waals surface area (Å²) in [5.74, 6) is 6.80. The van der Waals surface area contributed by atoms with Crippen LogP contribution < -0.4 is 0 Å². The first-order valence-electron chi connectivity index (χ1n) is 10.5. The number of rotatable bonds is 3. The molecule has 1 saturated heterocycles. The smallest absolute Gasteiger partial charge is 0.313 e. The lowest BCUT2D eigenvalue weighted by Gasteiger charge is -2.27. The van der Waals surface area contributed by atoms with Gasteiger partial charge in [0, 0.05) is 24.7 Å². The van der Waals surface area contributed by atoms with E-state index >= 15 is 0 Å². The SMILES string of the molecule is CCOC(=O)C12CC1CN(C1CCc3cc(C#Cc4c(Cl)cccc4Cl)ccc31)C2. The zero-order valence-corrected chi connectivity index (χ0v) is 18.4. The molecule has 3 atom stereocenters. The van der Waals surface area contributed by atoms with Gasteiger partial charge in [0.05, 0.1) is 27.6 Å². The maximum absolute atomic E-state index is 12.4. The number of aryl methyl sites for hydroxylation is 1. The molecule has 0 N–H and O–H groups in total. The minimum absolute atomic E-state index is 0.000392. The van der Waals surface area contributed by atoms with Gasteiger partial charge in [-0.25, -0.2) is 0 Å². The fraction of sp³-hybridized carbons (Fsp3) is 0.400. The Bertz CT molecular complexity index is 1070. The summed E-state index contributed by atoms with van der Waals surface area (Å²) in [5.41, 5.74) is 4.12.